The van der Waals surface area contributed by atoms with Crippen LogP contribution in [0.3, 0.4) is 0 Å². The van der Waals surface area contributed by atoms with E-state index in [9.17, 15) is 13.2 Å². The molecule has 1 aromatic rings. The topological polar surface area (TPSA) is 91.9 Å². The van der Waals surface area contributed by atoms with Gasteiger partial charge in [0.1, 0.15) is 4.90 Å². The summed E-state index contributed by atoms with van der Waals surface area (Å²) in [5.41, 5.74) is 0.0866. The Labute approximate surface area is 123 Å². The highest BCUT2D eigenvalue weighted by atomic mass is 35.7. The molecule has 1 aromatic heterocycles. The van der Waals surface area contributed by atoms with Crippen molar-refractivity contribution in [2.75, 3.05) is 6.54 Å². The fourth-order valence-corrected chi connectivity index (χ4v) is 2.85. The van der Waals surface area contributed by atoms with E-state index in [2.05, 4.69) is 36.3 Å². The van der Waals surface area contributed by atoms with Crippen molar-refractivity contribution in [1.29, 1.82) is 0 Å². The van der Waals surface area contributed by atoms with Crippen LogP contribution in [0.25, 0.3) is 0 Å². The first kappa shape index (κ1) is 17.0. The number of hydrogen-bond donors (Lipinski definition) is 2. The van der Waals surface area contributed by atoms with Gasteiger partial charge in [0, 0.05) is 17.2 Å². The molecule has 1 amide bonds. The van der Waals surface area contributed by atoms with Crippen molar-refractivity contribution in [3.63, 3.8) is 0 Å². The molecule has 0 radical (unpaired) electrons. The standard InChI is InChI=1S/C12H20ClN3O3S/c1-7(12(3,4)5)6-14-11(17)9-10(20(13,18)19)8(2)15-16-9/h7H,6H2,1-5H3,(H,14,17)(H,15,16). The molecule has 6 nitrogen and oxygen atoms in total. The van der Waals surface area contributed by atoms with Crippen molar-refractivity contribution in [3.05, 3.63) is 11.4 Å². The number of amides is 1. The minimum absolute atomic E-state index is 0.0379. The molecule has 8 heteroatoms. The quantitative estimate of drug-likeness (QED) is 0.830. The molecule has 1 unspecified atom stereocenters. The zero-order valence-corrected chi connectivity index (χ0v) is 13.8. The minimum Gasteiger partial charge on any atom is -0.350 e. The number of H-pyrrole nitrogens is 1. The predicted octanol–water partition coefficient (Wildman–Crippen LogP) is 2.06. The molecular weight excluding hydrogens is 302 g/mol. The molecule has 0 aliphatic heterocycles. The van der Waals surface area contributed by atoms with Gasteiger partial charge in [-0.3, -0.25) is 9.89 Å². The average molecular weight is 322 g/mol. The predicted molar refractivity (Wildman–Crippen MR) is 77.3 cm³/mol. The summed E-state index contributed by atoms with van der Waals surface area (Å²) < 4.78 is 22.9. The molecule has 0 spiro atoms. The van der Waals surface area contributed by atoms with E-state index in [1.165, 1.54) is 6.92 Å². The Morgan fingerprint density at radius 2 is 2.00 bits per heavy atom. The molecule has 0 aliphatic carbocycles. The van der Waals surface area contributed by atoms with Crippen molar-refractivity contribution in [2.24, 2.45) is 11.3 Å². The van der Waals surface area contributed by atoms with Crippen molar-refractivity contribution >= 4 is 25.6 Å². The summed E-state index contributed by atoms with van der Waals surface area (Å²) in [6.07, 6.45) is 0. The van der Waals surface area contributed by atoms with Gasteiger partial charge in [0.15, 0.2) is 5.69 Å². The van der Waals surface area contributed by atoms with Crippen molar-refractivity contribution in [3.8, 4) is 0 Å². The fraction of sp³-hybridized carbons (Fsp3) is 0.667. The highest BCUT2D eigenvalue weighted by Crippen LogP contribution is 2.25. The van der Waals surface area contributed by atoms with Gasteiger partial charge in [-0.1, -0.05) is 27.7 Å². The molecule has 1 heterocycles. The molecule has 0 aliphatic rings. The van der Waals surface area contributed by atoms with Crippen LogP contribution in [0.15, 0.2) is 4.90 Å². The average Bonchev–Trinajstić information content (AvgIpc) is 2.65. The summed E-state index contributed by atoms with van der Waals surface area (Å²) in [5, 5.41) is 8.88. The highest BCUT2D eigenvalue weighted by molar-refractivity contribution is 8.13. The van der Waals surface area contributed by atoms with E-state index < -0.39 is 15.0 Å². The van der Waals surface area contributed by atoms with Crippen LogP contribution < -0.4 is 5.32 Å². The Kier molecular flexibility index (Phi) is 4.86. The number of carbonyl (C=O) groups excluding carboxylic acids is 1. The number of aromatic nitrogens is 2. The second-order valence-electron chi connectivity index (χ2n) is 5.94. The maximum atomic E-state index is 12.0. The van der Waals surface area contributed by atoms with Crippen molar-refractivity contribution in [1.82, 2.24) is 15.5 Å². The Morgan fingerprint density at radius 1 is 1.45 bits per heavy atom. The van der Waals surface area contributed by atoms with Gasteiger partial charge in [0.2, 0.25) is 0 Å². The smallest absolute Gasteiger partial charge is 0.273 e. The van der Waals surface area contributed by atoms with Crippen LogP contribution in [-0.2, 0) is 9.05 Å². The minimum atomic E-state index is -4.02. The molecule has 0 saturated carbocycles. The fourth-order valence-electron chi connectivity index (χ4n) is 1.51. The third kappa shape index (κ3) is 3.96. The van der Waals surface area contributed by atoms with Gasteiger partial charge in [-0.25, -0.2) is 8.42 Å². The molecule has 114 valence electrons. The molecular formula is C12H20ClN3O3S. The van der Waals surface area contributed by atoms with E-state index in [0.717, 1.165) is 0 Å². The lowest BCUT2D eigenvalue weighted by atomic mass is 9.82. The summed E-state index contributed by atoms with van der Waals surface area (Å²) in [6, 6.07) is 0. The third-order valence-electron chi connectivity index (χ3n) is 3.40. The van der Waals surface area contributed by atoms with Gasteiger partial charge >= 0.3 is 0 Å². The third-order valence-corrected chi connectivity index (χ3v) is 4.85. The maximum Gasteiger partial charge on any atom is 0.273 e. The van der Waals surface area contributed by atoms with Crippen LogP contribution in [0.4, 0.5) is 0 Å². The van der Waals surface area contributed by atoms with Crippen LogP contribution in [0.2, 0.25) is 0 Å². The second-order valence-corrected chi connectivity index (χ2v) is 8.44. The molecule has 1 rings (SSSR count). The normalized spacial score (nSPS) is 14.1. The number of halogens is 1. The van der Waals surface area contributed by atoms with E-state index in [4.69, 9.17) is 10.7 Å². The van der Waals surface area contributed by atoms with E-state index in [-0.39, 0.29) is 27.6 Å². The number of aryl methyl sites for hydroxylation is 1. The number of aromatic amines is 1. The number of carbonyl (C=O) groups is 1. The van der Waals surface area contributed by atoms with Gasteiger partial charge in [-0.05, 0) is 18.3 Å². The Hall–Kier alpha value is -1.08. The summed E-state index contributed by atoms with van der Waals surface area (Å²) in [7, 11) is 1.31. The molecule has 0 saturated heterocycles. The Bertz CT molecular complexity index is 602. The molecule has 20 heavy (non-hydrogen) atoms. The lowest BCUT2D eigenvalue weighted by Crippen LogP contribution is -2.34. The van der Waals surface area contributed by atoms with Crippen LogP contribution >= 0.6 is 10.7 Å². The van der Waals surface area contributed by atoms with Crippen molar-refractivity contribution < 1.29 is 13.2 Å². The van der Waals surface area contributed by atoms with E-state index in [1.54, 1.807) is 0 Å². The Morgan fingerprint density at radius 3 is 2.45 bits per heavy atom. The van der Waals surface area contributed by atoms with Crippen LogP contribution in [-0.4, -0.2) is 31.1 Å². The monoisotopic (exact) mass is 321 g/mol. The molecule has 0 bridgehead atoms. The molecule has 0 fully saturated rings. The lowest BCUT2D eigenvalue weighted by Gasteiger charge is -2.27. The SMILES string of the molecule is Cc1[nH]nc(C(=O)NCC(C)C(C)(C)C)c1S(=O)(=O)Cl. The number of nitrogens with zero attached hydrogens (tertiary/aromatic N) is 1. The first-order valence-corrected chi connectivity index (χ1v) is 8.53. The van der Waals surface area contributed by atoms with Crippen molar-refractivity contribution in [2.45, 2.75) is 39.5 Å². The molecule has 0 aromatic carbocycles. The molecule has 2 N–H and O–H groups in total. The lowest BCUT2D eigenvalue weighted by molar-refractivity contribution is 0.0928. The van der Waals surface area contributed by atoms with E-state index in [0.29, 0.717) is 6.54 Å². The van der Waals surface area contributed by atoms with Crippen LogP contribution in [0, 0.1) is 18.3 Å². The van der Waals surface area contributed by atoms with Gasteiger partial charge in [-0.2, -0.15) is 5.10 Å². The summed E-state index contributed by atoms with van der Waals surface area (Å²) in [6.45, 7) is 10.1. The zero-order valence-electron chi connectivity index (χ0n) is 12.2. The summed E-state index contributed by atoms with van der Waals surface area (Å²) in [5.74, 6) is -0.327. The van der Waals surface area contributed by atoms with Gasteiger partial charge in [-0.15, -0.1) is 0 Å². The molecule has 1 atom stereocenters. The summed E-state index contributed by atoms with van der Waals surface area (Å²) in [4.78, 5) is 11.8. The first-order chi connectivity index (χ1) is 8.94. The number of rotatable bonds is 4. The largest absolute Gasteiger partial charge is 0.350 e. The van der Waals surface area contributed by atoms with Crippen LogP contribution in [0.5, 0.6) is 0 Å². The van der Waals surface area contributed by atoms with Gasteiger partial charge < -0.3 is 5.32 Å². The number of nitrogens with one attached hydrogen (secondary N) is 2. The Balaban J connectivity index is 2.91. The highest BCUT2D eigenvalue weighted by Gasteiger charge is 2.27. The summed E-state index contributed by atoms with van der Waals surface area (Å²) >= 11 is 0. The van der Waals surface area contributed by atoms with Gasteiger partial charge in [0.05, 0.1) is 5.69 Å². The first-order valence-electron chi connectivity index (χ1n) is 6.22. The van der Waals surface area contributed by atoms with Crippen LogP contribution in [0.1, 0.15) is 43.9 Å². The second kappa shape index (κ2) is 5.73. The zero-order chi connectivity index (χ0) is 15.7. The van der Waals surface area contributed by atoms with E-state index >= 15 is 0 Å². The van der Waals surface area contributed by atoms with Gasteiger partial charge in [0.25, 0.3) is 15.0 Å². The number of hydrogen-bond acceptors (Lipinski definition) is 4. The maximum absolute atomic E-state index is 12.0. The van der Waals surface area contributed by atoms with E-state index in [1.807, 2.05) is 6.92 Å².